The zero-order chi connectivity index (χ0) is 88.7. The summed E-state index contributed by atoms with van der Waals surface area (Å²) in [4.78, 5) is 22.6. The van der Waals surface area contributed by atoms with Crippen molar-refractivity contribution in [2.75, 3.05) is 6.61 Å². The normalized spacial score (nSPS) is 22.3. The molecule has 664 valence electrons. The number of nitrogens with zero attached hydrogens (tertiary/aromatic N) is 4. The molecule has 21 heteroatoms. The second kappa shape index (κ2) is 48.7. The van der Waals surface area contributed by atoms with E-state index in [1.54, 1.807) is 0 Å². The molecule has 3 aliphatic heterocycles. The lowest BCUT2D eigenvalue weighted by atomic mass is 9.92. The van der Waals surface area contributed by atoms with Crippen molar-refractivity contribution in [3.63, 3.8) is 0 Å². The number of hydrazine groups is 1. The molecule has 21 nitrogen and oxygen atoms in total. The van der Waals surface area contributed by atoms with Crippen molar-refractivity contribution < 1.29 is 72.6 Å². The molecular formula is C104H128N6O15. The van der Waals surface area contributed by atoms with Crippen LogP contribution in [-0.4, -0.2) is 138 Å². The Hall–Kier alpha value is -9.86. The summed E-state index contributed by atoms with van der Waals surface area (Å²) in [6.07, 6.45) is -3.42. The van der Waals surface area contributed by atoms with E-state index >= 15 is 0 Å². The monoisotopic (exact) mass is 1700 g/mol. The molecule has 3 aliphatic rings. The summed E-state index contributed by atoms with van der Waals surface area (Å²) in [6.45, 7) is 23.8. The van der Waals surface area contributed by atoms with Crippen LogP contribution in [0.1, 0.15) is 174 Å². The number of carbonyl (C=O) groups excluding carboxylic acids is 2. The second-order valence-corrected chi connectivity index (χ2v) is 32.5. The number of nitrogens with two attached hydrogens (primary N) is 1. The topological polar surface area (TPSA) is 272 Å². The molecule has 0 spiro atoms. The molecule has 3 saturated heterocycles. The van der Waals surface area contributed by atoms with Crippen LogP contribution < -0.4 is 11.3 Å². The van der Waals surface area contributed by atoms with E-state index < -0.39 is 73.9 Å². The molecule has 125 heavy (non-hydrogen) atoms. The Morgan fingerprint density at radius 2 is 0.664 bits per heavy atom. The van der Waals surface area contributed by atoms with Gasteiger partial charge in [-0.1, -0.05) is 289 Å². The summed E-state index contributed by atoms with van der Waals surface area (Å²) in [6, 6.07) is 86.5. The average Bonchev–Trinajstić information content (AvgIpc) is 1.63. The molecule has 0 saturated carbocycles. The van der Waals surface area contributed by atoms with Gasteiger partial charge in [-0.2, -0.15) is 10.2 Å². The third kappa shape index (κ3) is 26.6. The first kappa shape index (κ1) is 95.8. The summed E-state index contributed by atoms with van der Waals surface area (Å²) >= 11 is 0. The van der Waals surface area contributed by atoms with Gasteiger partial charge in [0.2, 0.25) is 0 Å². The minimum absolute atomic E-state index is 0.0490. The molecule has 15 atom stereocenters. The van der Waals surface area contributed by atoms with Crippen LogP contribution in [0.15, 0.2) is 255 Å². The van der Waals surface area contributed by atoms with Crippen LogP contribution in [-0.2, 0) is 130 Å². The molecule has 0 aliphatic carbocycles. The van der Waals surface area contributed by atoms with Gasteiger partial charge in [-0.15, -0.1) is 0 Å². The summed E-state index contributed by atoms with van der Waals surface area (Å²) in [7, 11) is 0. The SMILES string of the molecule is CC[C@H]1OC(NN)[C@H](OCc2ccccc2)[C@@H](OCc2ccccc2)[C@@H]1OCc1ccccc1.CCc1ccc(CC(C(C)=O)C(C)=O)cc1.CCc1ccc(Cc2c(C)nn([C@@H]3O[C@H](CC)[C@@H](OCc4ccccc4)[C@H](OCc4ccccc4)[C@H]3OCc3ccccc3)c2C)cc1.CCc1ccc(Cc2c(C)nn([C@@H]3O[C@H](CO)[C@@H](O)[C@H](O)[C@H]3O)c2C)cc1. The maximum Gasteiger partial charge on any atom is 0.179 e. The molecule has 9 aromatic carbocycles. The van der Waals surface area contributed by atoms with Gasteiger partial charge in [0.1, 0.15) is 78.8 Å². The Kier molecular flexibility index (Phi) is 37.3. The van der Waals surface area contributed by atoms with Crippen molar-refractivity contribution >= 4 is 11.6 Å². The number of aliphatic hydroxyl groups excluding tert-OH is 4. The summed E-state index contributed by atoms with van der Waals surface area (Å²) in [5.74, 6) is 5.33. The Morgan fingerprint density at radius 3 is 0.992 bits per heavy atom. The largest absolute Gasteiger partial charge is 0.394 e. The van der Waals surface area contributed by atoms with Crippen LogP contribution in [0.5, 0.6) is 0 Å². The van der Waals surface area contributed by atoms with Gasteiger partial charge in [0.05, 0.1) is 75.8 Å². The number of aromatic nitrogens is 4. The van der Waals surface area contributed by atoms with Crippen LogP contribution in [0, 0.1) is 33.6 Å². The van der Waals surface area contributed by atoms with E-state index in [9.17, 15) is 30.0 Å². The summed E-state index contributed by atoms with van der Waals surface area (Å²) < 4.78 is 62.3. The molecule has 2 aromatic heterocycles. The van der Waals surface area contributed by atoms with Crippen molar-refractivity contribution in [2.24, 2.45) is 11.8 Å². The Morgan fingerprint density at radius 1 is 0.368 bits per heavy atom. The van der Waals surface area contributed by atoms with E-state index in [1.165, 1.54) is 46.3 Å². The van der Waals surface area contributed by atoms with Gasteiger partial charge in [-0.05, 0) is 147 Å². The van der Waals surface area contributed by atoms with Crippen molar-refractivity contribution in [3.05, 3.63) is 355 Å². The first-order valence-corrected chi connectivity index (χ1v) is 44.1. The zero-order valence-electron chi connectivity index (χ0n) is 74.2. The minimum atomic E-state index is -1.42. The van der Waals surface area contributed by atoms with Gasteiger partial charge in [0, 0.05) is 35.4 Å². The third-order valence-electron chi connectivity index (χ3n) is 23.7. The summed E-state index contributed by atoms with van der Waals surface area (Å²) in [5, 5.41) is 49.4. The van der Waals surface area contributed by atoms with E-state index in [0.717, 1.165) is 111 Å². The fourth-order valence-electron chi connectivity index (χ4n) is 16.1. The highest BCUT2D eigenvalue weighted by Crippen LogP contribution is 2.40. The van der Waals surface area contributed by atoms with Crippen molar-refractivity contribution in [3.8, 4) is 0 Å². The number of ether oxygens (including phenoxy) is 9. The van der Waals surface area contributed by atoms with Crippen molar-refractivity contribution in [1.29, 1.82) is 0 Å². The Bertz CT molecular complexity index is 4900. The van der Waals surface area contributed by atoms with E-state index in [-0.39, 0.29) is 42.1 Å². The number of hydrogen-bond acceptors (Lipinski definition) is 19. The molecule has 0 bridgehead atoms. The fourth-order valence-corrected chi connectivity index (χ4v) is 16.1. The van der Waals surface area contributed by atoms with Gasteiger partial charge in [-0.3, -0.25) is 15.4 Å². The van der Waals surface area contributed by atoms with Crippen molar-refractivity contribution in [2.45, 2.75) is 259 Å². The van der Waals surface area contributed by atoms with Crippen molar-refractivity contribution in [1.82, 2.24) is 25.0 Å². The standard InChI is InChI=1S/C42H48N2O4.C28H34N2O4.C20H28N2O5.C14H18O2/c1-5-32-22-24-33(25-23-32)26-37-30(3)43-44(31(37)4)42-41(47-29-36-20-14-9-15-21-36)40(46-28-35-18-12-8-13-19-35)39(38(6-2)48-42)45-27-34-16-10-7-11-17-34;1-2-24-25(31-18-21-12-6-3-7-13-21)26(32-19-22-14-8-4-9-15-22)27(28(30-29)34-24)33-20-23-16-10-5-11-17-23;1-4-13-5-7-14(8-6-13)9-15-11(2)21-22(12(15)3)20-19(26)18(25)17(24)16(10-23)27-20;1-4-12-5-7-13(8-6-12)9-14(10(2)15)11(3)16/h7-25,38-42H,5-6,26-29H2,1-4H3;3-17,24-28,30H,2,18-20,29H2,1H3;5-8,16-20,23-26H,4,9-10H2,1-3H3;5-8,14H,4,9H2,1-3H3/t38-,39-,40+,41-,42-;24-,25-,26+,27-,28?;16-,17-,18+,19-,20-;/m111./s1. The number of aliphatic hydroxyl groups is 4. The number of Topliss-reactive ketones (excluding diaryl/α,β-unsaturated/α-hetero) is 2. The predicted molar refractivity (Wildman–Crippen MR) is 485 cm³/mol. The highest BCUT2D eigenvalue weighted by atomic mass is 16.6. The number of nitrogens with one attached hydrogen (secondary N) is 1. The first-order chi connectivity index (χ1) is 60.7. The van der Waals surface area contributed by atoms with Gasteiger partial charge < -0.3 is 63.1 Å². The maximum absolute atomic E-state index is 11.3. The molecule has 5 heterocycles. The molecular weight excluding hydrogens is 1570 g/mol. The molecule has 3 fully saturated rings. The molecule has 11 aromatic rings. The van der Waals surface area contributed by atoms with Gasteiger partial charge >= 0.3 is 0 Å². The lowest BCUT2D eigenvalue weighted by Crippen LogP contribution is -2.64. The predicted octanol–water partition coefficient (Wildman–Crippen LogP) is 16.3. The molecule has 0 amide bonds. The highest BCUT2D eigenvalue weighted by molar-refractivity contribution is 6.00. The van der Waals surface area contributed by atoms with E-state index in [4.69, 9.17) is 53.6 Å². The average molecular weight is 1700 g/mol. The minimum Gasteiger partial charge on any atom is -0.394 e. The van der Waals surface area contributed by atoms with Crippen LogP contribution in [0.3, 0.4) is 0 Å². The lowest BCUT2D eigenvalue weighted by molar-refractivity contribution is -0.286. The van der Waals surface area contributed by atoms with E-state index in [1.807, 2.05) is 164 Å². The number of hydrogen-bond donors (Lipinski definition) is 6. The van der Waals surface area contributed by atoms with E-state index in [2.05, 4.69) is 168 Å². The van der Waals surface area contributed by atoms with Gasteiger partial charge in [0.25, 0.3) is 0 Å². The first-order valence-electron chi connectivity index (χ1n) is 44.1. The summed E-state index contributed by atoms with van der Waals surface area (Å²) in [5.41, 5.74) is 22.6. The van der Waals surface area contributed by atoms with Gasteiger partial charge in [0.15, 0.2) is 12.5 Å². The number of benzene rings is 9. The number of rotatable bonds is 35. The fraction of sp³-hybridized carbons (Fsp3) is 0.404. The third-order valence-corrected chi connectivity index (χ3v) is 23.7. The number of aryl methyl sites for hydroxylation is 5. The van der Waals surface area contributed by atoms with Crippen LogP contribution in [0.4, 0.5) is 0 Å². The van der Waals surface area contributed by atoms with Crippen LogP contribution in [0.25, 0.3) is 0 Å². The Balaban J connectivity index is 0.000000173. The smallest absolute Gasteiger partial charge is 0.179 e. The quantitative estimate of drug-likeness (QED) is 0.0122. The van der Waals surface area contributed by atoms with E-state index in [0.29, 0.717) is 52.5 Å². The van der Waals surface area contributed by atoms with Crippen LogP contribution in [0.2, 0.25) is 0 Å². The van der Waals surface area contributed by atoms with Crippen LogP contribution >= 0.6 is 0 Å². The number of ketones is 2. The molecule has 1 unspecified atom stereocenters. The van der Waals surface area contributed by atoms with Gasteiger partial charge in [-0.25, -0.2) is 14.8 Å². The lowest BCUT2D eigenvalue weighted by Gasteiger charge is -2.46. The molecule has 7 N–H and O–H groups in total. The molecule has 14 rings (SSSR count). The molecule has 0 radical (unpaired) electrons. The number of carbonyl (C=O) groups is 2. The zero-order valence-corrected chi connectivity index (χ0v) is 74.2. The Labute approximate surface area is 738 Å². The highest BCUT2D eigenvalue weighted by Gasteiger charge is 2.51. The maximum atomic E-state index is 11.3. The second-order valence-electron chi connectivity index (χ2n) is 32.5.